The second kappa shape index (κ2) is 8.25. The molecule has 2 aromatic rings. The fourth-order valence-corrected chi connectivity index (χ4v) is 2.20. The van der Waals surface area contributed by atoms with Gasteiger partial charge in [-0.1, -0.05) is 17.7 Å². The van der Waals surface area contributed by atoms with E-state index in [-0.39, 0.29) is 30.1 Å². The molecule has 0 saturated heterocycles. The molecule has 0 aromatic heterocycles. The molecule has 0 aliphatic heterocycles. The number of nitro benzene ring substituents is 1. The van der Waals surface area contributed by atoms with Crippen LogP contribution in [0.3, 0.4) is 0 Å². The van der Waals surface area contributed by atoms with Crippen LogP contribution in [0.25, 0.3) is 0 Å². The number of nitrogens with one attached hydrogen (secondary N) is 2. The molecule has 0 unspecified atom stereocenters. The van der Waals surface area contributed by atoms with E-state index >= 15 is 0 Å². The van der Waals surface area contributed by atoms with Crippen LogP contribution in [-0.2, 0) is 4.79 Å². The number of nitrogens with zero attached hydrogens (tertiary/aromatic N) is 1. The van der Waals surface area contributed by atoms with Gasteiger partial charge in [0, 0.05) is 41.4 Å². The van der Waals surface area contributed by atoms with Crippen molar-refractivity contribution in [2.75, 3.05) is 11.9 Å². The molecule has 0 spiro atoms. The fourth-order valence-electron chi connectivity index (χ4n) is 2.02. The topological polar surface area (TPSA) is 101 Å². The summed E-state index contributed by atoms with van der Waals surface area (Å²) in [5.74, 6) is -0.662. The average Bonchev–Trinajstić information content (AvgIpc) is 2.58. The van der Waals surface area contributed by atoms with Crippen LogP contribution < -0.4 is 10.6 Å². The smallest absolute Gasteiger partial charge is 0.269 e. The number of nitro groups is 1. The predicted octanol–water partition coefficient (Wildman–Crippen LogP) is 3.32. The fraction of sp³-hybridized carbons (Fsp3) is 0.176. The molecule has 0 radical (unpaired) electrons. The van der Waals surface area contributed by atoms with E-state index < -0.39 is 10.8 Å². The Kier molecular flexibility index (Phi) is 6.08. The first kappa shape index (κ1) is 18.4. The van der Waals surface area contributed by atoms with Crippen LogP contribution in [0.4, 0.5) is 11.4 Å². The Morgan fingerprint density at radius 2 is 1.84 bits per heavy atom. The summed E-state index contributed by atoms with van der Waals surface area (Å²) in [6.45, 7) is 2.00. The van der Waals surface area contributed by atoms with E-state index in [1.807, 2.05) is 6.92 Å². The zero-order valence-corrected chi connectivity index (χ0v) is 14.2. The molecule has 0 aliphatic carbocycles. The first-order valence-electron chi connectivity index (χ1n) is 7.45. The van der Waals surface area contributed by atoms with Gasteiger partial charge in [-0.3, -0.25) is 19.7 Å². The molecular weight excluding hydrogens is 346 g/mol. The van der Waals surface area contributed by atoms with Crippen LogP contribution in [0, 0.1) is 17.0 Å². The Labute approximate surface area is 149 Å². The molecule has 0 saturated carbocycles. The SMILES string of the molecule is Cc1ccc(NC(=O)CCNC(=O)c2ccc([N+](=O)[O-])cc2)cc1Cl. The van der Waals surface area contributed by atoms with Gasteiger partial charge >= 0.3 is 0 Å². The Morgan fingerprint density at radius 3 is 2.44 bits per heavy atom. The molecule has 130 valence electrons. The standard InChI is InChI=1S/C17H16ClN3O4/c1-11-2-5-13(10-15(11)18)20-16(22)8-9-19-17(23)12-3-6-14(7-4-12)21(24)25/h2-7,10H,8-9H2,1H3,(H,19,23)(H,20,22). The molecule has 8 heteroatoms. The van der Waals surface area contributed by atoms with Crippen LogP contribution in [0.5, 0.6) is 0 Å². The van der Waals surface area contributed by atoms with Gasteiger partial charge in [-0.15, -0.1) is 0 Å². The van der Waals surface area contributed by atoms with Gasteiger partial charge in [-0.25, -0.2) is 0 Å². The Morgan fingerprint density at radius 1 is 1.16 bits per heavy atom. The van der Waals surface area contributed by atoms with Gasteiger partial charge in [0.25, 0.3) is 11.6 Å². The summed E-state index contributed by atoms with van der Waals surface area (Å²) in [4.78, 5) is 33.8. The van der Waals surface area contributed by atoms with Gasteiger partial charge in [0.15, 0.2) is 0 Å². The van der Waals surface area contributed by atoms with Gasteiger partial charge < -0.3 is 10.6 Å². The summed E-state index contributed by atoms with van der Waals surface area (Å²) in [5, 5.41) is 16.4. The summed E-state index contributed by atoms with van der Waals surface area (Å²) in [6, 6.07) is 10.4. The molecule has 25 heavy (non-hydrogen) atoms. The molecule has 2 aromatic carbocycles. The predicted molar refractivity (Wildman–Crippen MR) is 94.9 cm³/mol. The van der Waals surface area contributed by atoms with Crippen molar-refractivity contribution >= 4 is 34.8 Å². The molecule has 2 amide bonds. The molecule has 0 bridgehead atoms. The van der Waals surface area contributed by atoms with E-state index in [4.69, 9.17) is 11.6 Å². The second-order valence-corrected chi connectivity index (χ2v) is 5.73. The van der Waals surface area contributed by atoms with Crippen molar-refractivity contribution < 1.29 is 14.5 Å². The highest BCUT2D eigenvalue weighted by Gasteiger charge is 2.10. The van der Waals surface area contributed by atoms with Crippen molar-refractivity contribution in [3.63, 3.8) is 0 Å². The summed E-state index contributed by atoms with van der Waals surface area (Å²) >= 11 is 5.99. The highest BCUT2D eigenvalue weighted by molar-refractivity contribution is 6.31. The molecular formula is C17H16ClN3O4. The van der Waals surface area contributed by atoms with Crippen LogP contribution in [0.15, 0.2) is 42.5 Å². The lowest BCUT2D eigenvalue weighted by atomic mass is 10.2. The normalized spacial score (nSPS) is 10.2. The van der Waals surface area contributed by atoms with Crippen molar-refractivity contribution in [1.29, 1.82) is 0 Å². The van der Waals surface area contributed by atoms with Gasteiger partial charge in [0.05, 0.1) is 4.92 Å². The molecule has 7 nitrogen and oxygen atoms in total. The number of hydrogen-bond acceptors (Lipinski definition) is 4. The van der Waals surface area contributed by atoms with Crippen molar-refractivity contribution in [1.82, 2.24) is 5.32 Å². The van der Waals surface area contributed by atoms with Crippen molar-refractivity contribution in [2.45, 2.75) is 13.3 Å². The molecule has 0 aliphatic rings. The Hall–Kier alpha value is -2.93. The highest BCUT2D eigenvalue weighted by atomic mass is 35.5. The third kappa shape index (κ3) is 5.29. The van der Waals surface area contributed by atoms with Gasteiger partial charge in [-0.05, 0) is 36.8 Å². The first-order chi connectivity index (χ1) is 11.9. The average molecular weight is 362 g/mol. The van der Waals surface area contributed by atoms with E-state index in [0.717, 1.165) is 5.56 Å². The quantitative estimate of drug-likeness (QED) is 0.608. The maximum Gasteiger partial charge on any atom is 0.269 e. The number of hydrogen-bond donors (Lipinski definition) is 2. The highest BCUT2D eigenvalue weighted by Crippen LogP contribution is 2.20. The number of anilines is 1. The lowest BCUT2D eigenvalue weighted by Gasteiger charge is -2.08. The molecule has 0 heterocycles. The minimum Gasteiger partial charge on any atom is -0.352 e. The second-order valence-electron chi connectivity index (χ2n) is 5.32. The van der Waals surface area contributed by atoms with Crippen LogP contribution in [-0.4, -0.2) is 23.3 Å². The molecule has 2 rings (SSSR count). The van der Waals surface area contributed by atoms with E-state index in [1.165, 1.54) is 24.3 Å². The third-order valence-electron chi connectivity index (χ3n) is 3.43. The monoisotopic (exact) mass is 361 g/mol. The van der Waals surface area contributed by atoms with Crippen LogP contribution in [0.2, 0.25) is 5.02 Å². The zero-order valence-electron chi connectivity index (χ0n) is 13.4. The minimum atomic E-state index is -0.538. The maximum atomic E-state index is 11.9. The zero-order chi connectivity index (χ0) is 18.4. The van der Waals surface area contributed by atoms with Gasteiger partial charge in [0.1, 0.15) is 0 Å². The number of rotatable bonds is 6. The number of aryl methyl sites for hydroxylation is 1. The molecule has 0 fully saturated rings. The number of carbonyl (C=O) groups is 2. The Balaban J connectivity index is 1.81. The number of carbonyl (C=O) groups excluding carboxylic acids is 2. The summed E-state index contributed by atoms with van der Waals surface area (Å²) < 4.78 is 0. The van der Waals surface area contributed by atoms with E-state index in [1.54, 1.807) is 18.2 Å². The number of halogens is 1. The number of amides is 2. The minimum absolute atomic E-state index is 0.0875. The first-order valence-corrected chi connectivity index (χ1v) is 7.83. The largest absolute Gasteiger partial charge is 0.352 e. The summed E-state index contributed by atoms with van der Waals surface area (Å²) in [6.07, 6.45) is 0.0875. The summed E-state index contributed by atoms with van der Waals surface area (Å²) in [7, 11) is 0. The van der Waals surface area contributed by atoms with Gasteiger partial charge in [-0.2, -0.15) is 0 Å². The Bertz CT molecular complexity index is 806. The summed E-state index contributed by atoms with van der Waals surface area (Å²) in [5.41, 5.74) is 1.70. The van der Waals surface area contributed by atoms with E-state index in [0.29, 0.717) is 10.7 Å². The van der Waals surface area contributed by atoms with E-state index in [9.17, 15) is 19.7 Å². The molecule has 2 N–H and O–H groups in total. The van der Waals surface area contributed by atoms with Gasteiger partial charge in [0.2, 0.25) is 5.91 Å². The number of benzene rings is 2. The lowest BCUT2D eigenvalue weighted by molar-refractivity contribution is -0.384. The van der Waals surface area contributed by atoms with Crippen LogP contribution in [0.1, 0.15) is 22.3 Å². The maximum absolute atomic E-state index is 11.9. The molecule has 0 atom stereocenters. The third-order valence-corrected chi connectivity index (χ3v) is 3.84. The number of non-ortho nitro benzene ring substituents is 1. The van der Waals surface area contributed by atoms with E-state index in [2.05, 4.69) is 10.6 Å². The lowest BCUT2D eigenvalue weighted by Crippen LogP contribution is -2.27. The van der Waals surface area contributed by atoms with Crippen molar-refractivity contribution in [2.24, 2.45) is 0 Å². The van der Waals surface area contributed by atoms with Crippen molar-refractivity contribution in [3.8, 4) is 0 Å². The van der Waals surface area contributed by atoms with Crippen molar-refractivity contribution in [3.05, 3.63) is 68.7 Å². The van der Waals surface area contributed by atoms with Crippen LogP contribution >= 0.6 is 11.6 Å².